The van der Waals surface area contributed by atoms with Crippen LogP contribution in [0.1, 0.15) is 5.56 Å². The molecule has 0 fully saturated rings. The summed E-state index contributed by atoms with van der Waals surface area (Å²) in [7, 11) is 1.32. The average molecular weight is 363 g/mol. The summed E-state index contributed by atoms with van der Waals surface area (Å²) in [4.78, 5) is 13.2. The normalized spacial score (nSPS) is 11.2. The molecule has 1 heterocycles. The molecule has 7 nitrogen and oxygen atoms in total. The molecule has 0 bridgehead atoms. The van der Waals surface area contributed by atoms with E-state index in [-0.39, 0.29) is 11.4 Å². The molecule has 3 aromatic rings. The quantitative estimate of drug-likeness (QED) is 0.714. The Morgan fingerprint density at radius 1 is 1.15 bits per heavy atom. The number of alkyl halides is 3. The topological polar surface area (TPSA) is 73.1 Å². The Morgan fingerprint density at radius 3 is 2.62 bits per heavy atom. The zero-order chi connectivity index (χ0) is 18.7. The number of nitrogens with zero attached hydrogens (tertiary/aromatic N) is 5. The lowest BCUT2D eigenvalue weighted by atomic mass is 10.2. The van der Waals surface area contributed by atoms with Crippen molar-refractivity contribution in [2.45, 2.75) is 6.18 Å². The first-order valence-electron chi connectivity index (χ1n) is 7.31. The summed E-state index contributed by atoms with van der Waals surface area (Å²) < 4.78 is 45.0. The number of hydrogen-bond donors (Lipinski definition) is 0. The first-order valence-corrected chi connectivity index (χ1v) is 7.31. The number of benzene rings is 2. The lowest BCUT2D eigenvalue weighted by Gasteiger charge is -2.18. The largest absolute Gasteiger partial charge is 0.419 e. The van der Waals surface area contributed by atoms with Gasteiger partial charge in [0.1, 0.15) is 12.1 Å². The van der Waals surface area contributed by atoms with E-state index in [0.29, 0.717) is 5.69 Å². The van der Waals surface area contributed by atoms with Gasteiger partial charge in [0.25, 0.3) is 0 Å². The van der Waals surface area contributed by atoms with Crippen molar-refractivity contribution in [1.29, 1.82) is 0 Å². The van der Waals surface area contributed by atoms with Gasteiger partial charge in [-0.2, -0.15) is 13.2 Å². The van der Waals surface area contributed by atoms with E-state index in [4.69, 9.17) is 4.74 Å². The van der Waals surface area contributed by atoms with E-state index in [2.05, 4.69) is 15.5 Å². The molecule has 10 heteroatoms. The lowest BCUT2D eigenvalue weighted by Crippen LogP contribution is -2.29. The molecule has 0 saturated heterocycles. The number of halogens is 3. The van der Waals surface area contributed by atoms with Crippen LogP contribution in [0.2, 0.25) is 0 Å². The fraction of sp³-hybridized carbons (Fsp3) is 0.125. The molecule has 0 saturated carbocycles. The Balaban J connectivity index is 1.77. The summed E-state index contributed by atoms with van der Waals surface area (Å²) in [5.74, 6) is 0.196. The van der Waals surface area contributed by atoms with E-state index in [1.54, 1.807) is 12.1 Å². The molecule has 0 unspecified atom stereocenters. The summed E-state index contributed by atoms with van der Waals surface area (Å²) in [6.07, 6.45) is -3.96. The average Bonchev–Trinajstić information content (AvgIpc) is 3.15. The number of amides is 1. The standard InChI is InChI=1S/C16H12F3N5O2/c1-23(12-5-2-4-11(8-12)16(17,18)19)15(25)26-14-7-3-6-13(9-14)24-10-20-21-22-24/h2-10H,1H3. The van der Waals surface area contributed by atoms with Gasteiger partial charge >= 0.3 is 12.3 Å². The summed E-state index contributed by atoms with van der Waals surface area (Å²) >= 11 is 0. The van der Waals surface area contributed by atoms with Crippen molar-refractivity contribution in [3.8, 4) is 11.4 Å². The Kier molecular flexibility index (Phi) is 4.57. The molecular formula is C16H12F3N5O2. The van der Waals surface area contributed by atoms with Gasteiger partial charge in [0.2, 0.25) is 0 Å². The minimum Gasteiger partial charge on any atom is -0.410 e. The molecule has 1 aromatic heterocycles. The Labute approximate surface area is 145 Å². The summed E-state index contributed by atoms with van der Waals surface area (Å²) in [5, 5.41) is 10.7. The van der Waals surface area contributed by atoms with Crippen molar-refractivity contribution < 1.29 is 22.7 Å². The number of tetrazole rings is 1. The van der Waals surface area contributed by atoms with Crippen LogP contribution >= 0.6 is 0 Å². The van der Waals surface area contributed by atoms with Gasteiger partial charge in [0.05, 0.1) is 11.3 Å². The second-order valence-electron chi connectivity index (χ2n) is 5.23. The number of anilines is 1. The molecule has 0 aliphatic carbocycles. The zero-order valence-electron chi connectivity index (χ0n) is 13.4. The lowest BCUT2D eigenvalue weighted by molar-refractivity contribution is -0.137. The minimum atomic E-state index is -4.50. The van der Waals surface area contributed by atoms with Crippen LogP contribution < -0.4 is 9.64 Å². The van der Waals surface area contributed by atoms with Crippen molar-refractivity contribution in [2.75, 3.05) is 11.9 Å². The van der Waals surface area contributed by atoms with Crippen LogP contribution in [0.3, 0.4) is 0 Å². The predicted molar refractivity (Wildman–Crippen MR) is 85.0 cm³/mol. The highest BCUT2D eigenvalue weighted by Crippen LogP contribution is 2.31. The van der Waals surface area contributed by atoms with Crippen LogP contribution in [0.4, 0.5) is 23.7 Å². The Bertz CT molecular complexity index is 912. The second kappa shape index (κ2) is 6.82. The molecule has 0 aliphatic rings. The molecule has 26 heavy (non-hydrogen) atoms. The summed E-state index contributed by atoms with van der Waals surface area (Å²) in [6, 6.07) is 10.8. The number of hydrogen-bond acceptors (Lipinski definition) is 5. The number of aromatic nitrogens is 4. The molecule has 0 spiro atoms. The molecule has 0 aliphatic heterocycles. The molecule has 0 radical (unpaired) electrons. The summed E-state index contributed by atoms with van der Waals surface area (Å²) in [5.41, 5.74) is -0.237. The van der Waals surface area contributed by atoms with Gasteiger partial charge in [-0.1, -0.05) is 12.1 Å². The highest BCUT2D eigenvalue weighted by molar-refractivity contribution is 5.88. The minimum absolute atomic E-state index is 0.0569. The van der Waals surface area contributed by atoms with Crippen LogP contribution in [-0.2, 0) is 6.18 Å². The molecule has 1 amide bonds. The van der Waals surface area contributed by atoms with Gasteiger partial charge < -0.3 is 4.74 Å². The van der Waals surface area contributed by atoms with Gasteiger partial charge in [-0.05, 0) is 40.8 Å². The molecular weight excluding hydrogens is 351 g/mol. The second-order valence-corrected chi connectivity index (χ2v) is 5.23. The Morgan fingerprint density at radius 2 is 1.92 bits per heavy atom. The molecule has 0 atom stereocenters. The van der Waals surface area contributed by atoms with E-state index >= 15 is 0 Å². The van der Waals surface area contributed by atoms with E-state index in [0.717, 1.165) is 17.0 Å². The number of carbonyl (C=O) groups excluding carboxylic acids is 1. The monoisotopic (exact) mass is 363 g/mol. The fourth-order valence-electron chi connectivity index (χ4n) is 2.13. The van der Waals surface area contributed by atoms with Gasteiger partial charge in [0, 0.05) is 18.8 Å². The van der Waals surface area contributed by atoms with E-state index in [1.807, 2.05) is 0 Å². The van der Waals surface area contributed by atoms with Crippen LogP contribution in [0.5, 0.6) is 5.75 Å². The summed E-state index contributed by atoms with van der Waals surface area (Å²) in [6.45, 7) is 0. The number of ether oxygens (including phenoxy) is 1. The van der Waals surface area contributed by atoms with Gasteiger partial charge in [0.15, 0.2) is 0 Å². The smallest absolute Gasteiger partial charge is 0.410 e. The third-order valence-corrected chi connectivity index (χ3v) is 3.47. The van der Waals surface area contributed by atoms with Gasteiger partial charge in [-0.25, -0.2) is 9.48 Å². The maximum atomic E-state index is 12.8. The SMILES string of the molecule is CN(C(=O)Oc1cccc(-n2cnnn2)c1)c1cccc(C(F)(F)F)c1. The molecule has 3 rings (SSSR count). The van der Waals surface area contributed by atoms with Crippen LogP contribution in [0.15, 0.2) is 54.9 Å². The zero-order valence-corrected chi connectivity index (χ0v) is 13.4. The maximum absolute atomic E-state index is 12.8. The van der Waals surface area contributed by atoms with Crippen molar-refractivity contribution >= 4 is 11.8 Å². The van der Waals surface area contributed by atoms with E-state index in [9.17, 15) is 18.0 Å². The third-order valence-electron chi connectivity index (χ3n) is 3.47. The van der Waals surface area contributed by atoms with Crippen LogP contribution in [0.25, 0.3) is 5.69 Å². The number of carbonyl (C=O) groups is 1. The van der Waals surface area contributed by atoms with Crippen molar-refractivity contribution in [1.82, 2.24) is 20.2 Å². The highest BCUT2D eigenvalue weighted by atomic mass is 19.4. The first kappa shape index (κ1) is 17.4. The molecule has 134 valence electrons. The van der Waals surface area contributed by atoms with Gasteiger partial charge in [-0.3, -0.25) is 4.90 Å². The van der Waals surface area contributed by atoms with Crippen molar-refractivity contribution in [3.05, 3.63) is 60.4 Å². The molecule has 0 N–H and O–H groups in total. The fourth-order valence-corrected chi connectivity index (χ4v) is 2.13. The van der Waals surface area contributed by atoms with Gasteiger partial charge in [-0.15, -0.1) is 5.10 Å². The van der Waals surface area contributed by atoms with E-state index in [1.165, 1.54) is 42.3 Å². The van der Waals surface area contributed by atoms with Crippen molar-refractivity contribution in [2.24, 2.45) is 0 Å². The third kappa shape index (κ3) is 3.79. The number of rotatable bonds is 3. The molecule has 2 aromatic carbocycles. The Hall–Kier alpha value is -3.43. The van der Waals surface area contributed by atoms with Crippen LogP contribution in [-0.4, -0.2) is 33.3 Å². The maximum Gasteiger partial charge on any atom is 0.419 e. The first-order chi connectivity index (χ1) is 12.3. The van der Waals surface area contributed by atoms with E-state index < -0.39 is 17.8 Å². The van der Waals surface area contributed by atoms with Crippen molar-refractivity contribution in [3.63, 3.8) is 0 Å². The highest BCUT2D eigenvalue weighted by Gasteiger charge is 2.31. The predicted octanol–water partition coefficient (Wildman–Crippen LogP) is 3.32. The van der Waals surface area contributed by atoms with Crippen LogP contribution in [0, 0.1) is 0 Å².